The molecule has 0 amide bonds. The molecule has 0 bridgehead atoms. The van der Waals surface area contributed by atoms with Gasteiger partial charge in [-0.1, -0.05) is 40.5 Å². The highest BCUT2D eigenvalue weighted by atomic mass is 16.5. The first-order chi connectivity index (χ1) is 10.0. The minimum absolute atomic E-state index is 0.102. The van der Waals surface area contributed by atoms with Gasteiger partial charge in [0.15, 0.2) is 0 Å². The Bertz CT molecular complexity index is 395. The number of hydrogen-bond acceptors (Lipinski definition) is 3. The van der Waals surface area contributed by atoms with Crippen LogP contribution in [0.25, 0.3) is 0 Å². The van der Waals surface area contributed by atoms with Gasteiger partial charge in [-0.15, -0.1) is 0 Å². The molecule has 0 saturated heterocycles. The topological polar surface area (TPSA) is 35.5 Å². The van der Waals surface area contributed by atoms with Crippen LogP contribution >= 0.6 is 0 Å². The molecule has 1 rings (SSSR count). The Morgan fingerprint density at radius 2 is 2.10 bits per heavy atom. The van der Waals surface area contributed by atoms with Crippen molar-refractivity contribution in [3.8, 4) is 0 Å². The van der Waals surface area contributed by atoms with E-state index in [0.717, 1.165) is 24.3 Å². The Morgan fingerprint density at radius 1 is 1.38 bits per heavy atom. The van der Waals surface area contributed by atoms with Gasteiger partial charge < -0.3 is 9.47 Å². The number of carbonyl (C=O) groups is 1. The van der Waals surface area contributed by atoms with E-state index in [1.54, 1.807) is 0 Å². The lowest BCUT2D eigenvalue weighted by Crippen LogP contribution is -2.14. The van der Waals surface area contributed by atoms with Crippen LogP contribution in [0.1, 0.15) is 59.8 Å². The van der Waals surface area contributed by atoms with E-state index in [-0.39, 0.29) is 12.1 Å². The van der Waals surface area contributed by atoms with Crippen molar-refractivity contribution >= 4 is 5.97 Å². The molecule has 1 heterocycles. The summed E-state index contributed by atoms with van der Waals surface area (Å²) in [7, 11) is 1.39. The highest BCUT2D eigenvalue weighted by Gasteiger charge is 2.25. The third-order valence-corrected chi connectivity index (χ3v) is 4.39. The first kappa shape index (κ1) is 17.8. The molecule has 21 heavy (non-hydrogen) atoms. The molecule has 0 saturated carbocycles. The van der Waals surface area contributed by atoms with Gasteiger partial charge >= 0.3 is 5.97 Å². The van der Waals surface area contributed by atoms with Crippen LogP contribution in [-0.2, 0) is 14.3 Å². The lowest BCUT2D eigenvalue weighted by Gasteiger charge is -2.21. The van der Waals surface area contributed by atoms with E-state index in [1.807, 2.05) is 0 Å². The molecular weight excluding hydrogens is 264 g/mol. The minimum Gasteiger partial charge on any atom is -0.486 e. The molecular formula is C18H30O3. The van der Waals surface area contributed by atoms with E-state index in [1.165, 1.54) is 32.4 Å². The molecule has 3 unspecified atom stereocenters. The zero-order valence-electron chi connectivity index (χ0n) is 14.1. The van der Waals surface area contributed by atoms with Crippen LogP contribution in [-0.4, -0.2) is 19.2 Å². The maximum absolute atomic E-state index is 11.4. The van der Waals surface area contributed by atoms with Crippen molar-refractivity contribution in [2.75, 3.05) is 7.11 Å². The van der Waals surface area contributed by atoms with E-state index >= 15 is 0 Å². The maximum atomic E-state index is 11.4. The molecule has 0 N–H and O–H groups in total. The second-order valence-electron chi connectivity index (χ2n) is 5.99. The zero-order valence-corrected chi connectivity index (χ0v) is 14.1. The van der Waals surface area contributed by atoms with Crippen LogP contribution in [0.5, 0.6) is 0 Å². The Labute approximate surface area is 129 Å². The van der Waals surface area contributed by atoms with Crippen molar-refractivity contribution in [2.45, 2.75) is 65.9 Å². The van der Waals surface area contributed by atoms with Crippen molar-refractivity contribution in [3.63, 3.8) is 0 Å². The van der Waals surface area contributed by atoms with Crippen molar-refractivity contribution in [3.05, 3.63) is 23.5 Å². The number of carbonyl (C=O) groups excluding carboxylic acids is 1. The van der Waals surface area contributed by atoms with E-state index in [0.29, 0.717) is 11.7 Å². The Balaban J connectivity index is 2.67. The second-order valence-corrected chi connectivity index (χ2v) is 5.99. The average molecular weight is 294 g/mol. The van der Waals surface area contributed by atoms with Gasteiger partial charge in [0.05, 0.1) is 13.2 Å². The fourth-order valence-electron chi connectivity index (χ4n) is 2.77. The number of rotatable bonds is 8. The molecule has 1 aliphatic heterocycles. The summed E-state index contributed by atoms with van der Waals surface area (Å²) < 4.78 is 10.6. The molecule has 0 aliphatic carbocycles. The molecule has 0 aromatic heterocycles. The second kappa shape index (κ2) is 8.91. The van der Waals surface area contributed by atoms with Crippen LogP contribution < -0.4 is 0 Å². The summed E-state index contributed by atoms with van der Waals surface area (Å²) in [5.74, 6) is 1.78. The molecule has 3 atom stereocenters. The van der Waals surface area contributed by atoms with Crippen molar-refractivity contribution in [2.24, 2.45) is 11.8 Å². The van der Waals surface area contributed by atoms with Crippen molar-refractivity contribution < 1.29 is 14.3 Å². The Hall–Kier alpha value is -1.25. The number of esters is 1. The predicted molar refractivity (Wildman–Crippen MR) is 85.8 cm³/mol. The van der Waals surface area contributed by atoms with Gasteiger partial charge in [0.25, 0.3) is 0 Å². The average Bonchev–Trinajstić information content (AvgIpc) is 2.87. The predicted octanol–water partition coefficient (Wildman–Crippen LogP) is 4.63. The van der Waals surface area contributed by atoms with Gasteiger partial charge in [-0.3, -0.25) is 0 Å². The summed E-state index contributed by atoms with van der Waals surface area (Å²) >= 11 is 0. The van der Waals surface area contributed by atoms with E-state index in [2.05, 4.69) is 38.5 Å². The molecule has 0 spiro atoms. The van der Waals surface area contributed by atoms with Gasteiger partial charge in [0, 0.05) is 0 Å². The van der Waals surface area contributed by atoms with Gasteiger partial charge in [0.2, 0.25) is 0 Å². The highest BCUT2D eigenvalue weighted by molar-refractivity contribution is 5.83. The number of hydrogen-bond donors (Lipinski definition) is 0. The van der Waals surface area contributed by atoms with Crippen LogP contribution in [0.2, 0.25) is 0 Å². The summed E-state index contributed by atoms with van der Waals surface area (Å²) in [4.78, 5) is 11.4. The van der Waals surface area contributed by atoms with Crippen LogP contribution in [0, 0.1) is 11.8 Å². The molecule has 0 fully saturated rings. The maximum Gasteiger partial charge on any atom is 0.334 e. The quantitative estimate of drug-likeness (QED) is 0.483. The summed E-state index contributed by atoms with van der Waals surface area (Å²) in [5, 5.41) is 0. The Kier molecular flexibility index (Phi) is 7.55. The fraction of sp³-hybridized carbons (Fsp3) is 0.722. The van der Waals surface area contributed by atoms with Gasteiger partial charge in [-0.05, 0) is 42.7 Å². The van der Waals surface area contributed by atoms with Crippen LogP contribution in [0.4, 0.5) is 0 Å². The molecule has 0 aromatic carbocycles. The normalized spacial score (nSPS) is 22.6. The highest BCUT2D eigenvalue weighted by Crippen LogP contribution is 2.32. The molecule has 0 aromatic rings. The number of allylic oxidation sites excluding steroid dienone is 1. The van der Waals surface area contributed by atoms with E-state index in [9.17, 15) is 4.79 Å². The van der Waals surface area contributed by atoms with Gasteiger partial charge in [-0.25, -0.2) is 4.79 Å². The van der Waals surface area contributed by atoms with Crippen molar-refractivity contribution in [1.29, 1.82) is 0 Å². The van der Waals surface area contributed by atoms with E-state index < -0.39 is 0 Å². The molecule has 3 heteroatoms. The standard InChI is InChI=1S/C18H30O3/c1-6-13(4)9-14(7-2)10-16-11-15(8-3)17(21-16)12-18(19)20-5/h11-14,16H,6-10H2,1-5H3. The summed E-state index contributed by atoms with van der Waals surface area (Å²) in [5.41, 5.74) is 1.11. The Morgan fingerprint density at radius 3 is 2.62 bits per heavy atom. The lowest BCUT2D eigenvalue weighted by atomic mass is 9.88. The molecule has 1 aliphatic rings. The first-order valence-electron chi connectivity index (χ1n) is 8.21. The third-order valence-electron chi connectivity index (χ3n) is 4.39. The molecule has 3 nitrogen and oxygen atoms in total. The first-order valence-corrected chi connectivity index (χ1v) is 8.21. The lowest BCUT2D eigenvalue weighted by molar-refractivity contribution is -0.135. The molecule has 0 radical (unpaired) electrons. The van der Waals surface area contributed by atoms with E-state index in [4.69, 9.17) is 4.74 Å². The summed E-state index contributed by atoms with van der Waals surface area (Å²) in [6, 6.07) is 0. The van der Waals surface area contributed by atoms with Crippen LogP contribution in [0.15, 0.2) is 23.5 Å². The number of methoxy groups -OCH3 is 1. The zero-order chi connectivity index (χ0) is 15.8. The smallest absolute Gasteiger partial charge is 0.334 e. The molecule has 120 valence electrons. The largest absolute Gasteiger partial charge is 0.486 e. The van der Waals surface area contributed by atoms with Crippen LogP contribution in [0.3, 0.4) is 0 Å². The minimum atomic E-state index is -0.350. The van der Waals surface area contributed by atoms with Crippen molar-refractivity contribution in [1.82, 2.24) is 0 Å². The summed E-state index contributed by atoms with van der Waals surface area (Å²) in [6.45, 7) is 8.89. The monoisotopic (exact) mass is 294 g/mol. The van der Waals surface area contributed by atoms with Gasteiger partial charge in [-0.2, -0.15) is 0 Å². The van der Waals surface area contributed by atoms with Gasteiger partial charge in [0.1, 0.15) is 11.9 Å². The summed E-state index contributed by atoms with van der Waals surface area (Å²) in [6.07, 6.45) is 9.30. The third kappa shape index (κ3) is 5.56. The SMILES string of the molecule is CCC1=CC(CC(CC)CC(C)CC)OC1=CC(=O)OC. The number of ether oxygens (including phenoxy) is 2. The fourth-order valence-corrected chi connectivity index (χ4v) is 2.77.